The normalized spacial score (nSPS) is 15.4. The highest BCUT2D eigenvalue weighted by molar-refractivity contribution is 5.95. The average molecular weight is 407 g/mol. The second-order valence-electron chi connectivity index (χ2n) is 6.63. The molecule has 4 rings (SSSR count). The number of hydrogen-bond acceptors (Lipinski definition) is 7. The first-order valence-corrected chi connectivity index (χ1v) is 9.16. The van der Waals surface area contributed by atoms with Gasteiger partial charge in [-0.05, 0) is 24.6 Å². The molecule has 30 heavy (non-hydrogen) atoms. The van der Waals surface area contributed by atoms with Crippen molar-refractivity contribution in [1.82, 2.24) is 4.98 Å². The largest absolute Gasteiger partial charge is 0.462 e. The van der Waals surface area contributed by atoms with Crippen LogP contribution in [0.25, 0.3) is 10.9 Å². The number of hydrogen-bond donors (Lipinski definition) is 2. The molecule has 0 radical (unpaired) electrons. The number of H-pyrrole nitrogens is 1. The predicted octanol–water partition coefficient (Wildman–Crippen LogP) is 2.69. The van der Waals surface area contributed by atoms with E-state index >= 15 is 0 Å². The molecule has 0 saturated heterocycles. The van der Waals surface area contributed by atoms with Gasteiger partial charge >= 0.3 is 5.97 Å². The Bertz CT molecular complexity index is 1280. The van der Waals surface area contributed by atoms with E-state index in [1.807, 2.05) is 0 Å². The van der Waals surface area contributed by atoms with Crippen LogP contribution < -0.4 is 16.0 Å². The zero-order chi connectivity index (χ0) is 21.4. The zero-order valence-corrected chi connectivity index (χ0v) is 15.9. The van der Waals surface area contributed by atoms with E-state index in [4.69, 9.17) is 15.2 Å². The summed E-state index contributed by atoms with van der Waals surface area (Å²) in [5, 5.41) is 11.9. The van der Waals surface area contributed by atoms with Crippen molar-refractivity contribution in [3.8, 4) is 5.75 Å². The first kappa shape index (κ1) is 19.2. The third-order valence-corrected chi connectivity index (χ3v) is 4.87. The van der Waals surface area contributed by atoms with Crippen molar-refractivity contribution in [1.29, 1.82) is 0 Å². The summed E-state index contributed by atoms with van der Waals surface area (Å²) in [6.45, 7) is 1.72. The Morgan fingerprint density at radius 1 is 1.27 bits per heavy atom. The molecule has 2 heterocycles. The molecule has 0 spiro atoms. The summed E-state index contributed by atoms with van der Waals surface area (Å²) in [7, 11) is 0. The lowest BCUT2D eigenvalue weighted by Gasteiger charge is -2.28. The molecule has 1 aromatic heterocycles. The number of esters is 1. The standard InChI is InChI=1S/C21H17N3O6/c1-2-29-21(26)17-15(11-6-5-7-12(10-11)24(27)28)16-18(30-19(17)22)13-8-3-4-9-14(13)23-20(16)25/h3-10,15H,2,22H2,1H3,(H,23,25). The van der Waals surface area contributed by atoms with Crippen molar-refractivity contribution in [2.75, 3.05) is 6.61 Å². The molecule has 0 aliphatic carbocycles. The second-order valence-corrected chi connectivity index (χ2v) is 6.63. The molecule has 0 fully saturated rings. The smallest absolute Gasteiger partial charge is 0.340 e. The maximum Gasteiger partial charge on any atom is 0.340 e. The van der Waals surface area contributed by atoms with Gasteiger partial charge in [-0.3, -0.25) is 14.9 Å². The molecule has 2 aromatic carbocycles. The van der Waals surface area contributed by atoms with Crippen LogP contribution in [-0.4, -0.2) is 22.5 Å². The summed E-state index contributed by atoms with van der Waals surface area (Å²) in [6, 6.07) is 12.7. The van der Waals surface area contributed by atoms with Gasteiger partial charge in [0.2, 0.25) is 5.88 Å². The van der Waals surface area contributed by atoms with Crippen LogP contribution in [0.5, 0.6) is 5.75 Å². The van der Waals surface area contributed by atoms with Crippen molar-refractivity contribution in [3.63, 3.8) is 0 Å². The van der Waals surface area contributed by atoms with E-state index in [-0.39, 0.29) is 35.1 Å². The first-order valence-electron chi connectivity index (χ1n) is 9.16. The number of nitro benzene ring substituents is 1. The number of nitro groups is 1. The SMILES string of the molecule is CCOC(=O)C1=C(N)Oc2c(c(=O)[nH]c3ccccc23)C1c1cccc([N+](=O)[O-])c1. The number of nitrogens with zero attached hydrogens (tertiary/aromatic N) is 1. The Morgan fingerprint density at radius 2 is 2.03 bits per heavy atom. The van der Waals surface area contributed by atoms with Gasteiger partial charge in [0.15, 0.2) is 0 Å². The van der Waals surface area contributed by atoms with Crippen molar-refractivity contribution in [2.24, 2.45) is 5.73 Å². The number of nitrogens with one attached hydrogen (secondary N) is 1. The Balaban J connectivity index is 2.05. The first-order chi connectivity index (χ1) is 14.4. The molecule has 3 aromatic rings. The molecule has 1 aliphatic heterocycles. The molecule has 0 bridgehead atoms. The van der Waals surface area contributed by atoms with E-state index < -0.39 is 22.4 Å². The Hall–Kier alpha value is -4.14. The molecule has 1 aliphatic rings. The molecule has 9 nitrogen and oxygen atoms in total. The highest BCUT2D eigenvalue weighted by Gasteiger charge is 2.39. The molecule has 0 saturated carbocycles. The fourth-order valence-electron chi connectivity index (χ4n) is 3.63. The van der Waals surface area contributed by atoms with Gasteiger partial charge in [0.25, 0.3) is 11.2 Å². The van der Waals surface area contributed by atoms with E-state index in [2.05, 4.69) is 4.98 Å². The third kappa shape index (κ3) is 3.06. The van der Waals surface area contributed by atoms with Gasteiger partial charge < -0.3 is 20.2 Å². The summed E-state index contributed by atoms with van der Waals surface area (Å²) in [5.74, 6) is -1.77. The maximum atomic E-state index is 13.0. The molecule has 1 atom stereocenters. The lowest BCUT2D eigenvalue weighted by atomic mass is 9.82. The average Bonchev–Trinajstić information content (AvgIpc) is 2.73. The van der Waals surface area contributed by atoms with Crippen LogP contribution in [0.4, 0.5) is 5.69 Å². The van der Waals surface area contributed by atoms with Gasteiger partial charge in [-0.2, -0.15) is 0 Å². The number of non-ortho nitro benzene ring substituents is 1. The van der Waals surface area contributed by atoms with E-state index in [9.17, 15) is 19.7 Å². The number of aromatic amines is 1. The van der Waals surface area contributed by atoms with E-state index in [1.54, 1.807) is 37.3 Å². The monoisotopic (exact) mass is 407 g/mol. The van der Waals surface area contributed by atoms with Crippen LogP contribution in [0, 0.1) is 10.1 Å². The molecular formula is C21H17N3O6. The molecule has 1 unspecified atom stereocenters. The number of ether oxygens (including phenoxy) is 2. The fourth-order valence-corrected chi connectivity index (χ4v) is 3.63. The molecule has 9 heteroatoms. The Kier molecular flexibility index (Phi) is 4.71. The zero-order valence-electron chi connectivity index (χ0n) is 15.9. The summed E-state index contributed by atoms with van der Waals surface area (Å²) in [6.07, 6.45) is 0. The van der Waals surface area contributed by atoms with Gasteiger partial charge in [0.1, 0.15) is 11.3 Å². The number of rotatable bonds is 4. The third-order valence-electron chi connectivity index (χ3n) is 4.87. The fraction of sp³-hybridized carbons (Fsp3) is 0.143. The predicted molar refractivity (Wildman–Crippen MR) is 108 cm³/mol. The van der Waals surface area contributed by atoms with Crippen LogP contribution in [-0.2, 0) is 9.53 Å². The molecule has 3 N–H and O–H groups in total. The summed E-state index contributed by atoms with van der Waals surface area (Å²) < 4.78 is 10.9. The van der Waals surface area contributed by atoms with E-state index in [1.165, 1.54) is 18.2 Å². The highest BCUT2D eigenvalue weighted by Crippen LogP contribution is 2.44. The number of pyridine rings is 1. The van der Waals surface area contributed by atoms with Gasteiger partial charge in [0, 0.05) is 17.5 Å². The topological polar surface area (TPSA) is 138 Å². The van der Waals surface area contributed by atoms with Crippen molar-refractivity contribution in [3.05, 3.63) is 91.6 Å². The number of carbonyl (C=O) groups is 1. The molecular weight excluding hydrogens is 390 g/mol. The van der Waals surface area contributed by atoms with Crippen molar-refractivity contribution >= 4 is 22.6 Å². The van der Waals surface area contributed by atoms with Crippen LogP contribution in [0.15, 0.2) is 64.8 Å². The second kappa shape index (κ2) is 7.36. The lowest BCUT2D eigenvalue weighted by molar-refractivity contribution is -0.384. The Labute approximate surface area is 169 Å². The number of benzene rings is 2. The van der Waals surface area contributed by atoms with Crippen LogP contribution in [0.3, 0.4) is 0 Å². The molecule has 152 valence electrons. The molecule has 0 amide bonds. The van der Waals surface area contributed by atoms with Gasteiger partial charge in [-0.15, -0.1) is 0 Å². The quantitative estimate of drug-likeness (QED) is 0.385. The van der Waals surface area contributed by atoms with Gasteiger partial charge in [-0.1, -0.05) is 24.3 Å². The van der Waals surface area contributed by atoms with Crippen molar-refractivity contribution in [2.45, 2.75) is 12.8 Å². The van der Waals surface area contributed by atoms with E-state index in [0.717, 1.165) is 0 Å². The number of fused-ring (bicyclic) bond motifs is 3. The van der Waals surface area contributed by atoms with Crippen LogP contribution in [0.1, 0.15) is 24.0 Å². The number of nitrogens with two attached hydrogens (primary N) is 1. The maximum absolute atomic E-state index is 13.0. The minimum atomic E-state index is -0.999. The number of aromatic nitrogens is 1. The van der Waals surface area contributed by atoms with Crippen molar-refractivity contribution < 1.29 is 19.2 Å². The van der Waals surface area contributed by atoms with Gasteiger partial charge in [-0.25, -0.2) is 4.79 Å². The summed E-state index contributed by atoms with van der Waals surface area (Å²) in [4.78, 5) is 39.3. The van der Waals surface area contributed by atoms with E-state index in [0.29, 0.717) is 16.5 Å². The van der Waals surface area contributed by atoms with Crippen LogP contribution in [0.2, 0.25) is 0 Å². The highest BCUT2D eigenvalue weighted by atomic mass is 16.6. The van der Waals surface area contributed by atoms with Crippen LogP contribution >= 0.6 is 0 Å². The number of para-hydroxylation sites is 1. The minimum Gasteiger partial charge on any atom is -0.462 e. The minimum absolute atomic E-state index is 0.0781. The lowest BCUT2D eigenvalue weighted by Crippen LogP contribution is -2.32. The Morgan fingerprint density at radius 3 is 2.77 bits per heavy atom. The number of carbonyl (C=O) groups excluding carboxylic acids is 1. The van der Waals surface area contributed by atoms with Gasteiger partial charge in [0.05, 0.1) is 28.5 Å². The summed E-state index contributed by atoms with van der Waals surface area (Å²) >= 11 is 0. The summed E-state index contributed by atoms with van der Waals surface area (Å²) in [5.41, 5.74) is 6.36.